The van der Waals surface area contributed by atoms with E-state index in [1.54, 1.807) is 6.07 Å². The molecule has 64 valence electrons. The molecule has 1 aliphatic rings. The molecule has 0 amide bonds. The lowest BCUT2D eigenvalue weighted by atomic mass is 10.1. The van der Waals surface area contributed by atoms with E-state index in [2.05, 4.69) is 0 Å². The molecule has 3 heteroatoms. The highest BCUT2D eigenvalue weighted by Gasteiger charge is 2.27. The molecule has 0 aromatic heterocycles. The van der Waals surface area contributed by atoms with Gasteiger partial charge in [0.15, 0.2) is 0 Å². The Morgan fingerprint density at radius 3 is 3.00 bits per heavy atom. The van der Waals surface area contributed by atoms with Crippen molar-refractivity contribution < 1.29 is 5.11 Å². The highest BCUT2D eigenvalue weighted by molar-refractivity contribution is 6.30. The van der Waals surface area contributed by atoms with Crippen molar-refractivity contribution in [3.8, 4) is 0 Å². The lowest BCUT2D eigenvalue weighted by molar-refractivity contribution is 0.159. The molecule has 2 rings (SSSR count). The van der Waals surface area contributed by atoms with E-state index in [-0.39, 0.29) is 6.04 Å². The Kier molecular flexibility index (Phi) is 1.83. The van der Waals surface area contributed by atoms with E-state index >= 15 is 0 Å². The van der Waals surface area contributed by atoms with E-state index in [9.17, 15) is 5.11 Å². The van der Waals surface area contributed by atoms with Crippen LogP contribution in [0.2, 0.25) is 5.02 Å². The molecule has 0 radical (unpaired) electrons. The molecule has 2 unspecified atom stereocenters. The Balaban J connectivity index is 2.48. The first kappa shape index (κ1) is 8.05. The topological polar surface area (TPSA) is 46.2 Å². The molecular formula is C9H10ClNO. The zero-order valence-corrected chi connectivity index (χ0v) is 7.25. The molecule has 2 atom stereocenters. The van der Waals surface area contributed by atoms with Gasteiger partial charge in [0.05, 0.1) is 6.10 Å². The molecule has 1 aliphatic carbocycles. The number of fused-ring (bicyclic) bond motifs is 1. The van der Waals surface area contributed by atoms with E-state index in [0.717, 1.165) is 17.5 Å². The first-order valence-electron chi connectivity index (χ1n) is 3.90. The van der Waals surface area contributed by atoms with Crippen LogP contribution in [0.4, 0.5) is 0 Å². The minimum Gasteiger partial charge on any atom is -0.387 e. The third-order valence-electron chi connectivity index (χ3n) is 2.29. The Morgan fingerprint density at radius 1 is 1.50 bits per heavy atom. The van der Waals surface area contributed by atoms with E-state index in [1.807, 2.05) is 12.1 Å². The zero-order valence-electron chi connectivity index (χ0n) is 6.50. The lowest BCUT2D eigenvalue weighted by Gasteiger charge is -2.07. The van der Waals surface area contributed by atoms with Gasteiger partial charge in [0, 0.05) is 11.1 Å². The normalized spacial score (nSPS) is 27.2. The average Bonchev–Trinajstić information content (AvgIpc) is 2.31. The molecule has 2 nitrogen and oxygen atoms in total. The summed E-state index contributed by atoms with van der Waals surface area (Å²) in [5, 5.41) is 10.2. The van der Waals surface area contributed by atoms with Crippen LogP contribution in [0, 0.1) is 0 Å². The SMILES string of the molecule is NC1Cc2ccc(Cl)cc2C1O. The minimum atomic E-state index is -0.543. The summed E-state index contributed by atoms with van der Waals surface area (Å²) >= 11 is 5.78. The second kappa shape index (κ2) is 2.73. The molecule has 0 spiro atoms. The van der Waals surface area contributed by atoms with Crippen molar-refractivity contribution in [1.29, 1.82) is 0 Å². The summed E-state index contributed by atoms with van der Waals surface area (Å²) in [6.45, 7) is 0. The summed E-state index contributed by atoms with van der Waals surface area (Å²) in [5.41, 5.74) is 7.68. The van der Waals surface area contributed by atoms with Crippen LogP contribution in [0.25, 0.3) is 0 Å². The summed E-state index contributed by atoms with van der Waals surface area (Å²) in [7, 11) is 0. The molecule has 0 saturated heterocycles. The van der Waals surface area contributed by atoms with Crippen molar-refractivity contribution >= 4 is 11.6 Å². The Labute approximate surface area is 76.0 Å². The number of hydrogen-bond acceptors (Lipinski definition) is 2. The number of hydrogen-bond donors (Lipinski definition) is 2. The summed E-state index contributed by atoms with van der Waals surface area (Å²) in [4.78, 5) is 0. The number of benzene rings is 1. The summed E-state index contributed by atoms with van der Waals surface area (Å²) in [6, 6.07) is 5.37. The largest absolute Gasteiger partial charge is 0.387 e. The van der Waals surface area contributed by atoms with Crippen molar-refractivity contribution in [3.63, 3.8) is 0 Å². The summed E-state index contributed by atoms with van der Waals surface area (Å²) in [5.74, 6) is 0. The highest BCUT2D eigenvalue weighted by atomic mass is 35.5. The quantitative estimate of drug-likeness (QED) is 0.636. The third kappa shape index (κ3) is 1.12. The van der Waals surface area contributed by atoms with Gasteiger partial charge in [-0.15, -0.1) is 0 Å². The van der Waals surface area contributed by atoms with Crippen LogP contribution in [-0.2, 0) is 6.42 Å². The highest BCUT2D eigenvalue weighted by Crippen LogP contribution is 2.31. The van der Waals surface area contributed by atoms with E-state index in [0.29, 0.717) is 5.02 Å². The predicted molar refractivity (Wildman–Crippen MR) is 48.1 cm³/mol. The van der Waals surface area contributed by atoms with Gasteiger partial charge in [0.25, 0.3) is 0 Å². The predicted octanol–water partition coefficient (Wildman–Crippen LogP) is 1.26. The third-order valence-corrected chi connectivity index (χ3v) is 2.52. The second-order valence-electron chi connectivity index (χ2n) is 3.16. The maximum atomic E-state index is 9.59. The van der Waals surface area contributed by atoms with Gasteiger partial charge in [-0.05, 0) is 29.7 Å². The van der Waals surface area contributed by atoms with Gasteiger partial charge in [-0.25, -0.2) is 0 Å². The molecule has 3 N–H and O–H groups in total. The second-order valence-corrected chi connectivity index (χ2v) is 3.59. The maximum absolute atomic E-state index is 9.59. The zero-order chi connectivity index (χ0) is 8.72. The van der Waals surface area contributed by atoms with Crippen LogP contribution in [0.15, 0.2) is 18.2 Å². The Bertz CT molecular complexity index is 313. The standard InChI is InChI=1S/C9H10ClNO/c10-6-2-1-5-3-8(11)9(12)7(5)4-6/h1-2,4,8-9,12H,3,11H2. The number of rotatable bonds is 0. The van der Waals surface area contributed by atoms with Gasteiger partial charge in [-0.2, -0.15) is 0 Å². The first-order chi connectivity index (χ1) is 5.68. The smallest absolute Gasteiger partial charge is 0.0947 e. The fraction of sp³-hybridized carbons (Fsp3) is 0.333. The average molecular weight is 184 g/mol. The van der Waals surface area contributed by atoms with E-state index < -0.39 is 6.10 Å². The Morgan fingerprint density at radius 2 is 2.25 bits per heavy atom. The van der Waals surface area contributed by atoms with Gasteiger partial charge in [-0.3, -0.25) is 0 Å². The molecule has 0 bridgehead atoms. The molecule has 0 saturated carbocycles. The van der Waals surface area contributed by atoms with Crippen LogP contribution in [0.1, 0.15) is 17.2 Å². The van der Waals surface area contributed by atoms with E-state index in [1.165, 1.54) is 0 Å². The van der Waals surface area contributed by atoms with Crippen LogP contribution >= 0.6 is 11.6 Å². The number of aliphatic hydroxyl groups excluding tert-OH is 1. The van der Waals surface area contributed by atoms with Crippen LogP contribution in [0.5, 0.6) is 0 Å². The molecule has 0 aliphatic heterocycles. The minimum absolute atomic E-state index is 0.168. The van der Waals surface area contributed by atoms with Gasteiger partial charge in [0.2, 0.25) is 0 Å². The van der Waals surface area contributed by atoms with Crippen molar-refractivity contribution in [3.05, 3.63) is 34.3 Å². The molecule has 0 heterocycles. The fourth-order valence-electron chi connectivity index (χ4n) is 1.62. The number of aliphatic hydroxyl groups is 1. The van der Waals surface area contributed by atoms with Crippen molar-refractivity contribution in [1.82, 2.24) is 0 Å². The monoisotopic (exact) mass is 183 g/mol. The molecule has 1 aromatic rings. The van der Waals surface area contributed by atoms with Gasteiger partial charge in [-0.1, -0.05) is 17.7 Å². The van der Waals surface area contributed by atoms with E-state index in [4.69, 9.17) is 17.3 Å². The van der Waals surface area contributed by atoms with Gasteiger partial charge in [0.1, 0.15) is 0 Å². The number of halogens is 1. The van der Waals surface area contributed by atoms with Gasteiger partial charge < -0.3 is 10.8 Å². The van der Waals surface area contributed by atoms with Crippen molar-refractivity contribution in [2.24, 2.45) is 5.73 Å². The molecule has 0 fully saturated rings. The number of nitrogens with two attached hydrogens (primary N) is 1. The van der Waals surface area contributed by atoms with Gasteiger partial charge >= 0.3 is 0 Å². The first-order valence-corrected chi connectivity index (χ1v) is 4.28. The lowest BCUT2D eigenvalue weighted by Crippen LogP contribution is -2.24. The van der Waals surface area contributed by atoms with Crippen LogP contribution in [0.3, 0.4) is 0 Å². The molecule has 1 aromatic carbocycles. The molecular weight excluding hydrogens is 174 g/mol. The Hall–Kier alpha value is -0.570. The fourth-order valence-corrected chi connectivity index (χ4v) is 1.80. The van der Waals surface area contributed by atoms with Crippen molar-refractivity contribution in [2.75, 3.05) is 0 Å². The van der Waals surface area contributed by atoms with Crippen molar-refractivity contribution in [2.45, 2.75) is 18.6 Å². The van der Waals surface area contributed by atoms with Crippen LogP contribution < -0.4 is 5.73 Å². The maximum Gasteiger partial charge on any atom is 0.0947 e. The van der Waals surface area contributed by atoms with Crippen LogP contribution in [-0.4, -0.2) is 11.1 Å². The summed E-state index contributed by atoms with van der Waals surface area (Å²) < 4.78 is 0. The molecule has 12 heavy (non-hydrogen) atoms. The summed E-state index contributed by atoms with van der Waals surface area (Å²) in [6.07, 6.45) is 0.201.